The Labute approximate surface area is 89.0 Å². The van der Waals surface area contributed by atoms with Crippen LogP contribution in [0, 0.1) is 0 Å². The van der Waals surface area contributed by atoms with Crippen molar-refractivity contribution in [1.29, 1.82) is 0 Å². The Morgan fingerprint density at radius 1 is 1.60 bits per heavy atom. The van der Waals surface area contributed by atoms with Crippen molar-refractivity contribution < 1.29 is 9.26 Å². The van der Waals surface area contributed by atoms with Crippen molar-refractivity contribution in [3.63, 3.8) is 0 Å². The van der Waals surface area contributed by atoms with Gasteiger partial charge in [0.15, 0.2) is 0 Å². The number of aromatic nitrogens is 2. The second kappa shape index (κ2) is 3.90. The summed E-state index contributed by atoms with van der Waals surface area (Å²) < 4.78 is 10.5. The lowest BCUT2D eigenvalue weighted by Gasteiger charge is -2.08. The van der Waals surface area contributed by atoms with Crippen molar-refractivity contribution in [3.8, 4) is 0 Å². The zero-order valence-electron chi connectivity index (χ0n) is 9.19. The predicted molar refractivity (Wildman–Crippen MR) is 54.1 cm³/mol. The fraction of sp³-hybridized carbons (Fsp3) is 0.800. The van der Waals surface area contributed by atoms with Gasteiger partial charge in [0.25, 0.3) is 0 Å². The van der Waals surface area contributed by atoms with Crippen LogP contribution in [0.5, 0.6) is 0 Å². The topological polar surface area (TPSA) is 74.2 Å². The molecule has 1 aromatic rings. The van der Waals surface area contributed by atoms with Crippen molar-refractivity contribution >= 4 is 0 Å². The van der Waals surface area contributed by atoms with E-state index < -0.39 is 0 Å². The zero-order valence-corrected chi connectivity index (χ0v) is 9.19. The second-order valence-electron chi connectivity index (χ2n) is 4.13. The van der Waals surface area contributed by atoms with Gasteiger partial charge in [0.2, 0.25) is 11.7 Å². The third-order valence-corrected chi connectivity index (χ3v) is 2.78. The maximum absolute atomic E-state index is 5.96. The first-order valence-electron chi connectivity index (χ1n) is 5.35. The van der Waals surface area contributed by atoms with Crippen LogP contribution in [0.25, 0.3) is 0 Å². The maximum Gasteiger partial charge on any atom is 0.246 e. The number of rotatable bonds is 5. The molecule has 1 saturated carbocycles. The molecule has 0 bridgehead atoms. The standard InChI is InChI=1S/C10H17N3O2/c1-3-4-7(14-2)8-12-9(15-13-8)10(11)5-6-10/h7H,3-6,11H2,1-2H3. The van der Waals surface area contributed by atoms with E-state index in [1.54, 1.807) is 7.11 Å². The van der Waals surface area contributed by atoms with E-state index in [2.05, 4.69) is 17.1 Å². The Hall–Kier alpha value is -0.940. The molecule has 1 aliphatic rings. The van der Waals surface area contributed by atoms with E-state index in [0.717, 1.165) is 25.7 Å². The number of methoxy groups -OCH3 is 1. The summed E-state index contributed by atoms with van der Waals surface area (Å²) >= 11 is 0. The lowest BCUT2D eigenvalue weighted by Crippen LogP contribution is -2.19. The summed E-state index contributed by atoms with van der Waals surface area (Å²) in [5, 5.41) is 3.92. The lowest BCUT2D eigenvalue weighted by molar-refractivity contribution is 0.0854. The van der Waals surface area contributed by atoms with Gasteiger partial charge in [-0.15, -0.1) is 0 Å². The van der Waals surface area contributed by atoms with Gasteiger partial charge in [-0.25, -0.2) is 0 Å². The Balaban J connectivity index is 2.11. The molecule has 0 radical (unpaired) electrons. The van der Waals surface area contributed by atoms with Gasteiger partial charge in [0, 0.05) is 7.11 Å². The normalized spacial score (nSPS) is 20.2. The Kier molecular flexibility index (Phi) is 2.75. The van der Waals surface area contributed by atoms with Gasteiger partial charge in [-0.1, -0.05) is 18.5 Å². The van der Waals surface area contributed by atoms with Crippen molar-refractivity contribution in [1.82, 2.24) is 10.1 Å². The van der Waals surface area contributed by atoms with Crippen LogP contribution < -0.4 is 5.73 Å². The molecule has 0 aromatic carbocycles. The summed E-state index contributed by atoms with van der Waals surface area (Å²) in [7, 11) is 1.66. The van der Waals surface area contributed by atoms with Crippen LogP contribution in [0.3, 0.4) is 0 Å². The number of ether oxygens (including phenoxy) is 1. The molecule has 1 heterocycles. The minimum absolute atomic E-state index is 0.0742. The highest BCUT2D eigenvalue weighted by Gasteiger charge is 2.45. The van der Waals surface area contributed by atoms with Crippen molar-refractivity contribution in [2.45, 2.75) is 44.2 Å². The summed E-state index contributed by atoms with van der Waals surface area (Å²) in [5.41, 5.74) is 5.61. The molecule has 1 unspecified atom stereocenters. The summed E-state index contributed by atoms with van der Waals surface area (Å²) in [6.45, 7) is 2.10. The average Bonchev–Trinajstić information content (AvgIpc) is 2.82. The lowest BCUT2D eigenvalue weighted by atomic mass is 10.2. The van der Waals surface area contributed by atoms with Gasteiger partial charge in [-0.3, -0.25) is 0 Å². The van der Waals surface area contributed by atoms with Gasteiger partial charge >= 0.3 is 0 Å². The molecule has 84 valence electrons. The second-order valence-corrected chi connectivity index (χ2v) is 4.13. The van der Waals surface area contributed by atoms with Crippen LogP contribution in [0.15, 0.2) is 4.52 Å². The molecule has 1 aliphatic carbocycles. The van der Waals surface area contributed by atoms with Gasteiger partial charge in [-0.05, 0) is 19.3 Å². The van der Waals surface area contributed by atoms with E-state index in [1.807, 2.05) is 0 Å². The minimum atomic E-state index is -0.351. The van der Waals surface area contributed by atoms with Crippen LogP contribution in [0.1, 0.15) is 50.4 Å². The highest BCUT2D eigenvalue weighted by atomic mass is 16.5. The highest BCUT2D eigenvalue weighted by molar-refractivity contribution is 5.12. The molecule has 0 spiro atoms. The molecule has 1 fully saturated rings. The summed E-state index contributed by atoms with van der Waals surface area (Å²) in [6.07, 6.45) is 3.71. The van der Waals surface area contributed by atoms with Gasteiger partial charge < -0.3 is 15.0 Å². The molecule has 2 N–H and O–H groups in total. The van der Waals surface area contributed by atoms with Crippen LogP contribution >= 0.6 is 0 Å². The number of hydrogen-bond acceptors (Lipinski definition) is 5. The molecule has 1 atom stereocenters. The molecule has 0 saturated heterocycles. The van der Waals surface area contributed by atoms with Crippen molar-refractivity contribution in [2.24, 2.45) is 5.73 Å². The molecule has 2 rings (SSSR count). The van der Waals surface area contributed by atoms with Crippen LogP contribution in [0.4, 0.5) is 0 Å². The fourth-order valence-electron chi connectivity index (χ4n) is 1.53. The Bertz CT molecular complexity index is 333. The summed E-state index contributed by atoms with van der Waals surface area (Å²) in [6, 6.07) is 0. The van der Waals surface area contributed by atoms with E-state index in [0.29, 0.717) is 11.7 Å². The number of nitrogens with two attached hydrogens (primary N) is 1. The highest BCUT2D eigenvalue weighted by Crippen LogP contribution is 2.41. The third-order valence-electron chi connectivity index (χ3n) is 2.78. The van der Waals surface area contributed by atoms with Crippen molar-refractivity contribution in [2.75, 3.05) is 7.11 Å². The molecule has 1 aromatic heterocycles. The van der Waals surface area contributed by atoms with Crippen LogP contribution in [-0.2, 0) is 10.3 Å². The molecular weight excluding hydrogens is 194 g/mol. The van der Waals surface area contributed by atoms with Crippen LogP contribution in [-0.4, -0.2) is 17.3 Å². The SMILES string of the molecule is CCCC(OC)c1noc(C2(N)CC2)n1. The van der Waals surface area contributed by atoms with E-state index >= 15 is 0 Å². The molecule has 5 nitrogen and oxygen atoms in total. The van der Waals surface area contributed by atoms with E-state index in [4.69, 9.17) is 15.0 Å². The zero-order chi connectivity index (χ0) is 10.9. The largest absolute Gasteiger partial charge is 0.373 e. The van der Waals surface area contributed by atoms with Gasteiger partial charge in [-0.2, -0.15) is 4.98 Å². The van der Waals surface area contributed by atoms with Gasteiger partial charge in [0.05, 0.1) is 5.54 Å². The smallest absolute Gasteiger partial charge is 0.246 e. The number of nitrogens with zero attached hydrogens (tertiary/aromatic N) is 2. The summed E-state index contributed by atoms with van der Waals surface area (Å²) in [4.78, 5) is 4.31. The molecular formula is C10H17N3O2. The first-order valence-corrected chi connectivity index (χ1v) is 5.35. The van der Waals surface area contributed by atoms with E-state index in [-0.39, 0.29) is 11.6 Å². The predicted octanol–water partition coefficient (Wildman–Crippen LogP) is 1.50. The average molecular weight is 211 g/mol. The summed E-state index contributed by atoms with van der Waals surface area (Å²) in [5.74, 6) is 1.17. The Morgan fingerprint density at radius 2 is 2.33 bits per heavy atom. The number of hydrogen-bond donors (Lipinski definition) is 1. The molecule has 15 heavy (non-hydrogen) atoms. The first kappa shape index (κ1) is 10.6. The Morgan fingerprint density at radius 3 is 2.87 bits per heavy atom. The molecule has 5 heteroatoms. The third kappa shape index (κ3) is 2.03. The van der Waals surface area contributed by atoms with Gasteiger partial charge in [0.1, 0.15) is 6.10 Å². The van der Waals surface area contributed by atoms with Crippen LogP contribution in [0.2, 0.25) is 0 Å². The molecule has 0 amide bonds. The van der Waals surface area contributed by atoms with E-state index in [9.17, 15) is 0 Å². The maximum atomic E-state index is 5.96. The van der Waals surface area contributed by atoms with E-state index in [1.165, 1.54) is 0 Å². The monoisotopic (exact) mass is 211 g/mol. The first-order chi connectivity index (χ1) is 7.19. The minimum Gasteiger partial charge on any atom is -0.373 e. The quantitative estimate of drug-likeness (QED) is 0.799. The molecule has 0 aliphatic heterocycles. The fourth-order valence-corrected chi connectivity index (χ4v) is 1.53. The van der Waals surface area contributed by atoms with Crippen molar-refractivity contribution in [3.05, 3.63) is 11.7 Å².